The van der Waals surface area contributed by atoms with Crippen molar-refractivity contribution in [2.45, 2.75) is 30.7 Å². The van der Waals surface area contributed by atoms with Crippen LogP contribution < -0.4 is 14.4 Å². The summed E-state index contributed by atoms with van der Waals surface area (Å²) in [5.74, 6) is 0.109. The Morgan fingerprint density at radius 3 is 2.43 bits per heavy atom. The van der Waals surface area contributed by atoms with Crippen LogP contribution in [0.1, 0.15) is 17.5 Å². The lowest BCUT2D eigenvalue weighted by atomic mass is 10.1. The van der Waals surface area contributed by atoms with Crippen LogP contribution in [-0.2, 0) is 11.0 Å². The minimum absolute atomic E-state index is 0.129. The van der Waals surface area contributed by atoms with Crippen molar-refractivity contribution in [2.24, 2.45) is 0 Å². The largest absolute Gasteiger partial charge is 0.497 e. The zero-order valence-electron chi connectivity index (χ0n) is 18.2. The molecule has 9 nitrogen and oxygen atoms in total. The van der Waals surface area contributed by atoms with Gasteiger partial charge in [0.15, 0.2) is 0 Å². The number of amides is 4. The Kier molecular flexibility index (Phi) is 5.08. The SMILES string of the molecule is COc1ccc(OC(=O)N2C[C@H]3CC2[C@H]2C(=O)N(c4ccc(C#N)c(C(F)(F)F)c4)C(=O)N32)cc1. The molecule has 180 valence electrons. The van der Waals surface area contributed by atoms with E-state index < -0.39 is 53.5 Å². The lowest BCUT2D eigenvalue weighted by Gasteiger charge is -2.34. The first-order valence-electron chi connectivity index (χ1n) is 10.5. The Labute approximate surface area is 196 Å². The zero-order chi connectivity index (χ0) is 25.1. The van der Waals surface area contributed by atoms with Crippen molar-refractivity contribution in [2.75, 3.05) is 18.6 Å². The number of carbonyl (C=O) groups excluding carboxylic acids is 3. The highest BCUT2D eigenvalue weighted by Crippen LogP contribution is 2.43. The number of alkyl halides is 3. The molecule has 3 aliphatic heterocycles. The predicted octanol–water partition coefficient (Wildman–Crippen LogP) is 3.38. The zero-order valence-corrected chi connectivity index (χ0v) is 18.2. The van der Waals surface area contributed by atoms with Crippen LogP contribution in [-0.4, -0.2) is 59.6 Å². The Morgan fingerprint density at radius 2 is 1.80 bits per heavy atom. The van der Waals surface area contributed by atoms with Gasteiger partial charge in [-0.15, -0.1) is 0 Å². The maximum atomic E-state index is 13.4. The summed E-state index contributed by atoms with van der Waals surface area (Å²) in [5, 5.41) is 9.00. The fourth-order valence-corrected chi connectivity index (χ4v) is 4.91. The molecule has 3 atom stereocenters. The summed E-state index contributed by atoms with van der Waals surface area (Å²) in [6.45, 7) is 0.129. The summed E-state index contributed by atoms with van der Waals surface area (Å²) in [6.07, 6.45) is -5.18. The van der Waals surface area contributed by atoms with E-state index >= 15 is 0 Å². The van der Waals surface area contributed by atoms with E-state index in [-0.39, 0.29) is 18.0 Å². The summed E-state index contributed by atoms with van der Waals surface area (Å²) >= 11 is 0. The van der Waals surface area contributed by atoms with Crippen molar-refractivity contribution in [1.82, 2.24) is 9.80 Å². The van der Waals surface area contributed by atoms with Crippen LogP contribution >= 0.6 is 0 Å². The molecule has 0 N–H and O–H groups in total. The van der Waals surface area contributed by atoms with E-state index in [1.54, 1.807) is 24.3 Å². The minimum atomic E-state index is -4.84. The fourth-order valence-electron chi connectivity index (χ4n) is 4.91. The molecule has 2 aromatic rings. The standard InChI is InChI=1S/C23H17F3N4O5/c1-34-15-4-6-16(7-5-15)35-22(33)28-11-14-9-18(28)19-20(31)30(21(32)29(14)19)13-3-2-12(10-27)17(8-13)23(24,25)26/h2-8,14,18-19H,9,11H2,1H3/t14-,18?,19+/m1/s1. The lowest BCUT2D eigenvalue weighted by molar-refractivity contribution is -0.137. The molecule has 3 aliphatic rings. The summed E-state index contributed by atoms with van der Waals surface area (Å²) in [5.41, 5.74) is -2.14. The quantitative estimate of drug-likeness (QED) is 0.617. The van der Waals surface area contributed by atoms with E-state index in [9.17, 15) is 27.6 Å². The third-order valence-electron chi connectivity index (χ3n) is 6.45. The molecule has 2 bridgehead atoms. The number of ether oxygens (including phenoxy) is 2. The maximum absolute atomic E-state index is 13.4. The van der Waals surface area contributed by atoms with Crippen molar-refractivity contribution in [3.63, 3.8) is 0 Å². The van der Waals surface area contributed by atoms with E-state index in [2.05, 4.69) is 0 Å². The van der Waals surface area contributed by atoms with Crippen molar-refractivity contribution < 1.29 is 37.0 Å². The molecule has 4 amide bonds. The van der Waals surface area contributed by atoms with Gasteiger partial charge < -0.3 is 19.3 Å². The number of benzene rings is 2. The Bertz CT molecular complexity index is 1270. The highest BCUT2D eigenvalue weighted by molar-refractivity contribution is 6.22. The maximum Gasteiger partial charge on any atom is 0.417 e. The molecule has 3 heterocycles. The smallest absolute Gasteiger partial charge is 0.417 e. The number of carbonyl (C=O) groups is 3. The van der Waals surface area contributed by atoms with Crippen molar-refractivity contribution >= 4 is 23.7 Å². The summed E-state index contributed by atoms with van der Waals surface area (Å²) < 4.78 is 50.7. The highest BCUT2D eigenvalue weighted by atomic mass is 19.4. The molecule has 3 saturated heterocycles. The van der Waals surface area contributed by atoms with Crippen LogP contribution in [0.15, 0.2) is 42.5 Å². The molecule has 0 spiro atoms. The first-order valence-corrected chi connectivity index (χ1v) is 10.5. The van der Waals surface area contributed by atoms with Crippen LogP contribution in [0, 0.1) is 11.3 Å². The van der Waals surface area contributed by atoms with Crippen molar-refractivity contribution in [1.29, 1.82) is 5.26 Å². The number of fused-ring (bicyclic) bond motifs is 5. The van der Waals surface area contributed by atoms with E-state index in [1.807, 2.05) is 0 Å². The van der Waals surface area contributed by atoms with Crippen molar-refractivity contribution in [3.8, 4) is 17.6 Å². The van der Waals surface area contributed by atoms with E-state index in [0.717, 1.165) is 12.1 Å². The van der Waals surface area contributed by atoms with Crippen LogP contribution in [0.2, 0.25) is 0 Å². The average Bonchev–Trinajstić information content (AvgIpc) is 3.50. The number of anilines is 1. The predicted molar refractivity (Wildman–Crippen MR) is 113 cm³/mol. The second-order valence-corrected chi connectivity index (χ2v) is 8.30. The number of likely N-dealkylation sites (tertiary alicyclic amines) is 1. The first-order chi connectivity index (χ1) is 16.6. The minimum Gasteiger partial charge on any atom is -0.497 e. The van der Waals surface area contributed by atoms with Crippen LogP contribution in [0.5, 0.6) is 11.5 Å². The molecule has 5 rings (SSSR count). The van der Waals surface area contributed by atoms with Gasteiger partial charge in [0.05, 0.1) is 42.1 Å². The van der Waals surface area contributed by atoms with Gasteiger partial charge in [-0.25, -0.2) is 14.5 Å². The third-order valence-corrected chi connectivity index (χ3v) is 6.45. The molecule has 3 fully saturated rings. The molecule has 12 heteroatoms. The van der Waals surface area contributed by atoms with E-state index in [4.69, 9.17) is 14.7 Å². The topological polar surface area (TPSA) is 103 Å². The van der Waals surface area contributed by atoms with Gasteiger partial charge in [0.1, 0.15) is 17.5 Å². The van der Waals surface area contributed by atoms with Gasteiger partial charge in [-0.05, 0) is 48.9 Å². The van der Waals surface area contributed by atoms with Crippen LogP contribution in [0.25, 0.3) is 0 Å². The van der Waals surface area contributed by atoms with E-state index in [1.165, 1.54) is 23.0 Å². The number of methoxy groups -OCH3 is 1. The van der Waals surface area contributed by atoms with Gasteiger partial charge in [0.25, 0.3) is 5.91 Å². The number of urea groups is 1. The third kappa shape index (κ3) is 3.51. The number of halogens is 3. The number of imide groups is 1. The lowest BCUT2D eigenvalue weighted by Crippen LogP contribution is -2.55. The molecular weight excluding hydrogens is 469 g/mol. The van der Waals surface area contributed by atoms with Gasteiger partial charge in [-0.3, -0.25) is 4.79 Å². The summed E-state index contributed by atoms with van der Waals surface area (Å²) in [6, 6.07) is 7.53. The number of hydrogen-bond donors (Lipinski definition) is 0. The van der Waals surface area contributed by atoms with Gasteiger partial charge >= 0.3 is 18.3 Å². The second-order valence-electron chi connectivity index (χ2n) is 8.30. The second kappa shape index (κ2) is 7.90. The van der Waals surface area contributed by atoms with Crippen molar-refractivity contribution in [3.05, 3.63) is 53.6 Å². The average molecular weight is 486 g/mol. The normalized spacial score (nSPS) is 22.9. The number of nitrogens with zero attached hydrogens (tertiary/aromatic N) is 4. The summed E-state index contributed by atoms with van der Waals surface area (Å²) in [4.78, 5) is 42.5. The summed E-state index contributed by atoms with van der Waals surface area (Å²) in [7, 11) is 1.50. The molecule has 2 aromatic carbocycles. The number of rotatable bonds is 3. The molecule has 0 aromatic heterocycles. The van der Waals surface area contributed by atoms with Gasteiger partial charge in [-0.1, -0.05) is 0 Å². The molecule has 1 unspecified atom stereocenters. The van der Waals surface area contributed by atoms with Crippen LogP contribution in [0.3, 0.4) is 0 Å². The van der Waals surface area contributed by atoms with Gasteiger partial charge in [-0.2, -0.15) is 18.4 Å². The monoisotopic (exact) mass is 486 g/mol. The highest BCUT2D eigenvalue weighted by Gasteiger charge is 2.63. The molecule has 0 aliphatic carbocycles. The first kappa shape index (κ1) is 22.5. The number of hydrogen-bond acceptors (Lipinski definition) is 6. The molecule has 0 saturated carbocycles. The number of nitriles is 1. The van der Waals surface area contributed by atoms with Crippen LogP contribution in [0.4, 0.5) is 28.4 Å². The van der Waals surface area contributed by atoms with Gasteiger partial charge in [0, 0.05) is 6.54 Å². The van der Waals surface area contributed by atoms with Gasteiger partial charge in [0.2, 0.25) is 0 Å². The molecule has 0 radical (unpaired) electrons. The fraction of sp³-hybridized carbons (Fsp3) is 0.304. The Morgan fingerprint density at radius 1 is 1.11 bits per heavy atom. The molecule has 35 heavy (non-hydrogen) atoms. The van der Waals surface area contributed by atoms with E-state index in [0.29, 0.717) is 23.1 Å². The molecular formula is C23H17F3N4O5. The Hall–Kier alpha value is -4.27. The Balaban J connectivity index is 1.38. The number of piperazine rings is 1.